The van der Waals surface area contributed by atoms with Gasteiger partial charge in [-0.05, 0) is 58.2 Å². The molecule has 32 heavy (non-hydrogen) atoms. The highest BCUT2D eigenvalue weighted by Crippen LogP contribution is 2.35. The van der Waals surface area contributed by atoms with Crippen molar-refractivity contribution in [3.8, 4) is 5.75 Å². The fraction of sp³-hybridized carbons (Fsp3) is 0.571. The van der Waals surface area contributed by atoms with E-state index in [1.54, 1.807) is 0 Å². The minimum absolute atomic E-state index is 0. The lowest BCUT2D eigenvalue weighted by molar-refractivity contribution is -0.945. The molecule has 0 saturated heterocycles. The molecule has 2 aromatic carbocycles. The third-order valence-electron chi connectivity index (χ3n) is 7.38. The minimum Gasteiger partial charge on any atom is -1.00 e. The van der Waals surface area contributed by atoms with Gasteiger partial charge in [0.1, 0.15) is 23.0 Å². The van der Waals surface area contributed by atoms with Crippen LogP contribution in [-0.4, -0.2) is 49.0 Å². The molecule has 0 fully saturated rings. The number of halogens is 1. The summed E-state index contributed by atoms with van der Waals surface area (Å²) in [6, 6.07) is 18.8. The summed E-state index contributed by atoms with van der Waals surface area (Å²) < 4.78 is 14.1. The average Bonchev–Trinajstić information content (AvgIpc) is 2.72. The molecule has 4 heteroatoms. The number of hydrogen-bond acceptors (Lipinski definition) is 2. The lowest BCUT2D eigenvalue weighted by Crippen LogP contribution is -3.00. The van der Waals surface area contributed by atoms with Gasteiger partial charge in [-0.15, -0.1) is 0 Å². The molecule has 0 aliphatic heterocycles. The Bertz CT molecular complexity index is 802. The standard InChI is InChI=1S/C28H44NO2.ClH/c1-9-10-20-29(7,8)27(3,4)28(5,6)30-22-25(21-24-17-12-11-13-18-24)31-26-19-15-14-16-23(26)2;/h11-19,25H,9-10,20-22H2,1-8H3;1H/q+1;/p-1. The van der Waals surface area contributed by atoms with Crippen LogP contribution in [0, 0.1) is 6.92 Å². The third kappa shape index (κ3) is 7.23. The topological polar surface area (TPSA) is 18.5 Å². The molecule has 0 radical (unpaired) electrons. The van der Waals surface area contributed by atoms with E-state index in [1.807, 2.05) is 18.2 Å². The number of unbranched alkanes of at least 4 members (excludes halogenated alkanes) is 1. The summed E-state index contributed by atoms with van der Waals surface area (Å²) in [6.07, 6.45) is 3.20. The molecule has 3 nitrogen and oxygen atoms in total. The summed E-state index contributed by atoms with van der Waals surface area (Å²) >= 11 is 0. The van der Waals surface area contributed by atoms with Gasteiger partial charge in [-0.3, -0.25) is 0 Å². The number of aryl methyl sites for hydroxylation is 1. The lowest BCUT2D eigenvalue weighted by Gasteiger charge is -2.52. The first kappa shape index (κ1) is 28.5. The minimum atomic E-state index is -0.311. The Hall–Kier alpha value is -1.55. The number of para-hydroxylation sites is 1. The van der Waals surface area contributed by atoms with Gasteiger partial charge in [0.15, 0.2) is 0 Å². The van der Waals surface area contributed by atoms with Gasteiger partial charge in [-0.2, -0.15) is 0 Å². The van der Waals surface area contributed by atoms with Crippen molar-refractivity contribution < 1.29 is 26.4 Å². The summed E-state index contributed by atoms with van der Waals surface area (Å²) in [5.41, 5.74) is 2.05. The zero-order chi connectivity index (χ0) is 23.1. The van der Waals surface area contributed by atoms with Crippen molar-refractivity contribution in [3.63, 3.8) is 0 Å². The van der Waals surface area contributed by atoms with E-state index in [1.165, 1.54) is 18.4 Å². The maximum atomic E-state index is 6.67. The first-order valence-corrected chi connectivity index (χ1v) is 11.7. The van der Waals surface area contributed by atoms with E-state index in [0.29, 0.717) is 6.61 Å². The van der Waals surface area contributed by atoms with E-state index < -0.39 is 0 Å². The smallest absolute Gasteiger partial charge is 0.126 e. The van der Waals surface area contributed by atoms with Crippen molar-refractivity contribution >= 4 is 0 Å². The molecule has 0 amide bonds. The first-order chi connectivity index (χ1) is 14.5. The summed E-state index contributed by atoms with van der Waals surface area (Å²) in [5, 5.41) is 0. The Kier molecular flexibility index (Phi) is 10.7. The summed E-state index contributed by atoms with van der Waals surface area (Å²) in [7, 11) is 4.65. The second kappa shape index (κ2) is 12.1. The highest BCUT2D eigenvalue weighted by Gasteiger charge is 2.50. The molecular formula is C28H44ClNO2. The van der Waals surface area contributed by atoms with Crippen molar-refractivity contribution in [1.29, 1.82) is 0 Å². The predicted molar refractivity (Wildman–Crippen MR) is 132 cm³/mol. The van der Waals surface area contributed by atoms with Gasteiger partial charge in [0.2, 0.25) is 0 Å². The van der Waals surface area contributed by atoms with Gasteiger partial charge >= 0.3 is 0 Å². The van der Waals surface area contributed by atoms with Gasteiger partial charge in [0.05, 0.1) is 27.2 Å². The van der Waals surface area contributed by atoms with Crippen LogP contribution < -0.4 is 17.1 Å². The van der Waals surface area contributed by atoms with E-state index in [2.05, 4.69) is 92.0 Å². The van der Waals surface area contributed by atoms with E-state index in [4.69, 9.17) is 9.47 Å². The largest absolute Gasteiger partial charge is 1.00 e. The van der Waals surface area contributed by atoms with Crippen LogP contribution in [-0.2, 0) is 11.2 Å². The zero-order valence-corrected chi connectivity index (χ0v) is 22.2. The molecule has 0 bridgehead atoms. The highest BCUT2D eigenvalue weighted by molar-refractivity contribution is 5.32. The Morgan fingerprint density at radius 2 is 1.50 bits per heavy atom. The molecule has 2 aromatic rings. The number of quaternary nitrogens is 1. The number of likely N-dealkylation sites (N-methyl/N-ethyl adjacent to an activating group) is 1. The van der Waals surface area contributed by atoms with E-state index >= 15 is 0 Å². The van der Waals surface area contributed by atoms with Gasteiger partial charge < -0.3 is 26.4 Å². The van der Waals surface area contributed by atoms with Crippen LogP contribution >= 0.6 is 0 Å². The summed E-state index contributed by atoms with van der Waals surface area (Å²) in [6.45, 7) is 15.2. The number of nitrogens with zero attached hydrogens (tertiary/aromatic N) is 1. The zero-order valence-electron chi connectivity index (χ0n) is 21.5. The molecule has 180 valence electrons. The van der Waals surface area contributed by atoms with Crippen LogP contribution in [0.3, 0.4) is 0 Å². The number of benzene rings is 2. The lowest BCUT2D eigenvalue weighted by atomic mass is 9.82. The van der Waals surface area contributed by atoms with E-state index in [-0.39, 0.29) is 29.7 Å². The second-order valence-corrected chi connectivity index (χ2v) is 10.3. The van der Waals surface area contributed by atoms with Crippen LogP contribution in [0.15, 0.2) is 54.6 Å². The highest BCUT2D eigenvalue weighted by atomic mass is 35.5. The van der Waals surface area contributed by atoms with Crippen molar-refractivity contribution in [2.75, 3.05) is 27.2 Å². The Labute approximate surface area is 203 Å². The maximum Gasteiger partial charge on any atom is 0.126 e. The fourth-order valence-electron chi connectivity index (χ4n) is 3.92. The first-order valence-electron chi connectivity index (χ1n) is 11.7. The van der Waals surface area contributed by atoms with Crippen LogP contribution in [0.5, 0.6) is 5.75 Å². The molecule has 0 N–H and O–H groups in total. The molecule has 0 aliphatic carbocycles. The Morgan fingerprint density at radius 3 is 2.09 bits per heavy atom. The Balaban J connectivity index is 0.00000512. The van der Waals surface area contributed by atoms with Crippen molar-refractivity contribution in [2.45, 2.75) is 78.0 Å². The van der Waals surface area contributed by atoms with Gasteiger partial charge in [0.25, 0.3) is 0 Å². The quantitative estimate of drug-likeness (QED) is 0.451. The van der Waals surface area contributed by atoms with Gasteiger partial charge in [-0.25, -0.2) is 0 Å². The molecule has 0 aliphatic rings. The van der Waals surface area contributed by atoms with Crippen LogP contribution in [0.2, 0.25) is 0 Å². The molecule has 0 spiro atoms. The molecule has 0 aromatic heterocycles. The number of hydrogen-bond donors (Lipinski definition) is 0. The van der Waals surface area contributed by atoms with Gasteiger partial charge in [0, 0.05) is 6.42 Å². The Morgan fingerprint density at radius 1 is 0.906 bits per heavy atom. The number of rotatable bonds is 12. The fourth-order valence-corrected chi connectivity index (χ4v) is 3.92. The normalized spacial score (nSPS) is 13.4. The third-order valence-corrected chi connectivity index (χ3v) is 7.38. The monoisotopic (exact) mass is 461 g/mol. The molecule has 0 heterocycles. The van der Waals surface area contributed by atoms with Crippen molar-refractivity contribution in [1.82, 2.24) is 0 Å². The molecule has 1 atom stereocenters. The van der Waals surface area contributed by atoms with Crippen molar-refractivity contribution in [3.05, 3.63) is 65.7 Å². The second-order valence-electron chi connectivity index (χ2n) is 10.3. The van der Waals surface area contributed by atoms with Crippen LogP contribution in [0.4, 0.5) is 0 Å². The van der Waals surface area contributed by atoms with E-state index in [0.717, 1.165) is 28.8 Å². The molecule has 1 unspecified atom stereocenters. The molecule has 0 saturated carbocycles. The summed E-state index contributed by atoms with van der Waals surface area (Å²) in [5.74, 6) is 0.933. The molecule has 2 rings (SSSR count). The SMILES string of the molecule is CCCC[N+](C)(C)C(C)(C)C(C)(C)OCC(Cc1ccccc1)Oc1ccccc1C.[Cl-]. The van der Waals surface area contributed by atoms with Gasteiger partial charge in [-0.1, -0.05) is 61.9 Å². The van der Waals surface area contributed by atoms with E-state index in [9.17, 15) is 0 Å². The summed E-state index contributed by atoms with van der Waals surface area (Å²) in [4.78, 5) is 0. The van der Waals surface area contributed by atoms with Crippen LogP contribution in [0.25, 0.3) is 0 Å². The average molecular weight is 462 g/mol. The predicted octanol–water partition coefficient (Wildman–Crippen LogP) is 3.44. The number of ether oxygens (including phenoxy) is 2. The van der Waals surface area contributed by atoms with Crippen LogP contribution in [0.1, 0.15) is 58.6 Å². The maximum absolute atomic E-state index is 6.67. The molecular weight excluding hydrogens is 418 g/mol. The van der Waals surface area contributed by atoms with Crippen molar-refractivity contribution in [2.24, 2.45) is 0 Å².